The lowest BCUT2D eigenvalue weighted by molar-refractivity contribution is -0.387. The molecule has 2 aromatic carbocycles. The number of nitro groups is 1. The lowest BCUT2D eigenvalue weighted by atomic mass is 9.89. The predicted octanol–water partition coefficient (Wildman–Crippen LogP) is 2.33. The first kappa shape index (κ1) is 21.3. The van der Waals surface area contributed by atoms with E-state index in [1.165, 1.54) is 23.1 Å². The number of carbonyl (C=O) groups is 1. The number of rotatable bonds is 4. The minimum absolute atomic E-state index is 0.0197. The summed E-state index contributed by atoms with van der Waals surface area (Å²) in [6.07, 6.45) is 3.88. The molecule has 1 N–H and O–H groups in total. The number of fused-ring (bicyclic) bond motifs is 1. The number of piperazine rings is 1. The average Bonchev–Trinajstić information content (AvgIpc) is 2.78. The zero-order valence-electron chi connectivity index (χ0n) is 16.9. The third-order valence-electron chi connectivity index (χ3n) is 5.90. The number of aromatic hydroxyl groups is 1. The normalized spacial score (nSPS) is 17.2. The number of sulfonamides is 1. The molecule has 1 aliphatic carbocycles. The van der Waals surface area contributed by atoms with E-state index in [9.17, 15) is 28.4 Å². The highest BCUT2D eigenvalue weighted by atomic mass is 32.2. The first-order chi connectivity index (χ1) is 14.8. The van der Waals surface area contributed by atoms with Gasteiger partial charge in [0, 0.05) is 32.2 Å². The summed E-state index contributed by atoms with van der Waals surface area (Å²) in [5.41, 5.74) is 1.90. The summed E-state index contributed by atoms with van der Waals surface area (Å²) in [7, 11) is -4.07. The van der Waals surface area contributed by atoms with Gasteiger partial charge in [-0.15, -0.1) is 0 Å². The van der Waals surface area contributed by atoms with Gasteiger partial charge in [0.05, 0.1) is 10.5 Å². The van der Waals surface area contributed by atoms with Crippen LogP contribution in [0.2, 0.25) is 0 Å². The molecule has 2 aromatic rings. The van der Waals surface area contributed by atoms with Crippen LogP contribution in [0.15, 0.2) is 41.3 Å². The summed E-state index contributed by atoms with van der Waals surface area (Å²) in [6.45, 7) is 0.308. The minimum Gasteiger partial charge on any atom is -0.507 e. The molecule has 0 saturated carbocycles. The van der Waals surface area contributed by atoms with Gasteiger partial charge in [0.1, 0.15) is 5.75 Å². The van der Waals surface area contributed by atoms with Gasteiger partial charge in [-0.3, -0.25) is 14.9 Å². The Balaban J connectivity index is 1.50. The first-order valence-electron chi connectivity index (χ1n) is 10.2. The van der Waals surface area contributed by atoms with Crippen molar-refractivity contribution in [2.45, 2.75) is 30.6 Å². The van der Waals surface area contributed by atoms with Crippen LogP contribution < -0.4 is 0 Å². The van der Waals surface area contributed by atoms with E-state index in [4.69, 9.17) is 0 Å². The van der Waals surface area contributed by atoms with Gasteiger partial charge >= 0.3 is 0 Å². The maximum Gasteiger partial charge on any atom is 0.289 e. The molecule has 1 amide bonds. The van der Waals surface area contributed by atoms with Crippen molar-refractivity contribution in [1.82, 2.24) is 9.21 Å². The zero-order valence-corrected chi connectivity index (χ0v) is 17.7. The number of amides is 1. The number of benzene rings is 2. The standard InChI is InChI=1S/C21H23N3O6S/c25-19-14-16-6-2-1-5-15(16)13-17(19)21(26)22-9-11-23(12-10-22)31(29,30)20-8-4-3-7-18(20)24(27)28/h3-4,7-8,13-14,25H,1-2,5-6,9-12H2. The smallest absolute Gasteiger partial charge is 0.289 e. The summed E-state index contributed by atoms with van der Waals surface area (Å²) < 4.78 is 27.1. The first-order valence-corrected chi connectivity index (χ1v) is 11.6. The zero-order chi connectivity index (χ0) is 22.2. The van der Waals surface area contributed by atoms with Crippen molar-refractivity contribution in [1.29, 1.82) is 0 Å². The molecule has 0 spiro atoms. The summed E-state index contributed by atoms with van der Waals surface area (Å²) in [5.74, 6) is -0.394. The highest BCUT2D eigenvalue weighted by Crippen LogP contribution is 2.30. The Morgan fingerprint density at radius 2 is 1.61 bits per heavy atom. The highest BCUT2D eigenvalue weighted by Gasteiger charge is 2.35. The molecule has 0 atom stereocenters. The molecule has 31 heavy (non-hydrogen) atoms. The molecule has 9 nitrogen and oxygen atoms in total. The number of hydrogen-bond acceptors (Lipinski definition) is 6. The molecule has 1 heterocycles. The average molecular weight is 445 g/mol. The second kappa shape index (κ2) is 8.27. The fourth-order valence-electron chi connectivity index (χ4n) is 4.21. The maximum absolute atomic E-state index is 13.0. The Labute approximate surface area is 180 Å². The molecule has 1 saturated heterocycles. The quantitative estimate of drug-likeness (QED) is 0.569. The Morgan fingerprint density at radius 3 is 2.26 bits per heavy atom. The van der Waals surface area contributed by atoms with E-state index < -0.39 is 20.6 Å². The Kier molecular flexibility index (Phi) is 5.67. The lowest BCUT2D eigenvalue weighted by Gasteiger charge is -2.34. The van der Waals surface area contributed by atoms with Crippen molar-refractivity contribution in [3.8, 4) is 5.75 Å². The Bertz CT molecular complexity index is 1140. The van der Waals surface area contributed by atoms with Crippen molar-refractivity contribution < 1.29 is 23.2 Å². The van der Waals surface area contributed by atoms with Crippen molar-refractivity contribution in [3.05, 3.63) is 63.2 Å². The van der Waals surface area contributed by atoms with Crippen LogP contribution in [0.3, 0.4) is 0 Å². The summed E-state index contributed by atoms with van der Waals surface area (Å²) in [4.78, 5) is 24.7. The molecule has 0 bridgehead atoms. The van der Waals surface area contributed by atoms with Crippen LogP contribution in [0, 0.1) is 10.1 Å². The molecule has 164 valence electrons. The van der Waals surface area contributed by atoms with Gasteiger partial charge in [-0.2, -0.15) is 4.31 Å². The molecule has 0 radical (unpaired) electrons. The summed E-state index contributed by atoms with van der Waals surface area (Å²) in [5, 5.41) is 21.6. The monoisotopic (exact) mass is 445 g/mol. The Morgan fingerprint density at radius 1 is 1.00 bits per heavy atom. The number of nitro benzene ring substituents is 1. The summed E-state index contributed by atoms with van der Waals surface area (Å²) >= 11 is 0. The van der Waals surface area contributed by atoms with Gasteiger partial charge in [0.15, 0.2) is 4.90 Å². The topological polar surface area (TPSA) is 121 Å². The molecular weight excluding hydrogens is 422 g/mol. The maximum atomic E-state index is 13.0. The number of phenols is 1. The van der Waals surface area contributed by atoms with E-state index in [1.807, 2.05) is 0 Å². The van der Waals surface area contributed by atoms with Gasteiger partial charge in [-0.05, 0) is 55.0 Å². The number of nitrogens with zero attached hydrogens (tertiary/aromatic N) is 3. The van der Waals surface area contributed by atoms with Crippen LogP contribution >= 0.6 is 0 Å². The SMILES string of the molecule is O=C(c1cc2c(cc1O)CCCC2)N1CCN(S(=O)(=O)c2ccccc2[N+](=O)[O-])CC1. The third-order valence-corrected chi connectivity index (χ3v) is 7.84. The van der Waals surface area contributed by atoms with Crippen LogP contribution in [0.25, 0.3) is 0 Å². The molecule has 0 aromatic heterocycles. The van der Waals surface area contributed by atoms with Crippen LogP contribution in [0.1, 0.15) is 34.3 Å². The van der Waals surface area contributed by atoms with E-state index in [-0.39, 0.29) is 48.3 Å². The van der Waals surface area contributed by atoms with E-state index >= 15 is 0 Å². The fraction of sp³-hybridized carbons (Fsp3) is 0.381. The Hall–Kier alpha value is -2.98. The lowest BCUT2D eigenvalue weighted by Crippen LogP contribution is -2.50. The molecule has 2 aliphatic rings. The van der Waals surface area contributed by atoms with E-state index in [2.05, 4.69) is 0 Å². The van der Waals surface area contributed by atoms with Crippen LogP contribution in [0.4, 0.5) is 5.69 Å². The van der Waals surface area contributed by atoms with Crippen LogP contribution in [-0.4, -0.2) is 59.7 Å². The number of carbonyl (C=O) groups excluding carboxylic acids is 1. The van der Waals surface area contributed by atoms with E-state index in [0.717, 1.165) is 47.2 Å². The van der Waals surface area contributed by atoms with Crippen molar-refractivity contribution in [2.75, 3.05) is 26.2 Å². The van der Waals surface area contributed by atoms with Crippen molar-refractivity contribution in [2.24, 2.45) is 0 Å². The second-order valence-corrected chi connectivity index (χ2v) is 9.67. The molecule has 1 fully saturated rings. The fourth-order valence-corrected chi connectivity index (χ4v) is 5.79. The van der Waals surface area contributed by atoms with Crippen molar-refractivity contribution in [3.63, 3.8) is 0 Å². The van der Waals surface area contributed by atoms with E-state index in [0.29, 0.717) is 0 Å². The highest BCUT2D eigenvalue weighted by molar-refractivity contribution is 7.89. The van der Waals surface area contributed by atoms with Gasteiger partial charge in [0.25, 0.3) is 11.6 Å². The largest absolute Gasteiger partial charge is 0.507 e. The third kappa shape index (κ3) is 4.00. The number of para-hydroxylation sites is 1. The molecule has 0 unspecified atom stereocenters. The van der Waals surface area contributed by atoms with Gasteiger partial charge < -0.3 is 10.0 Å². The van der Waals surface area contributed by atoms with Crippen molar-refractivity contribution >= 4 is 21.6 Å². The van der Waals surface area contributed by atoms with Crippen LogP contribution in [-0.2, 0) is 22.9 Å². The second-order valence-electron chi connectivity index (χ2n) is 7.77. The van der Waals surface area contributed by atoms with Gasteiger partial charge in [0.2, 0.25) is 10.0 Å². The number of hydrogen-bond donors (Lipinski definition) is 1. The molecule has 10 heteroatoms. The molecule has 1 aliphatic heterocycles. The van der Waals surface area contributed by atoms with Gasteiger partial charge in [-0.1, -0.05) is 12.1 Å². The predicted molar refractivity (Wildman–Crippen MR) is 113 cm³/mol. The molecule has 4 rings (SSSR count). The van der Waals surface area contributed by atoms with Crippen LogP contribution in [0.5, 0.6) is 5.75 Å². The molecular formula is C21H23N3O6S. The van der Waals surface area contributed by atoms with E-state index in [1.54, 1.807) is 12.1 Å². The number of phenolic OH excluding ortho intramolecular Hbond substituents is 1. The number of aryl methyl sites for hydroxylation is 2. The minimum atomic E-state index is -4.07. The summed E-state index contributed by atoms with van der Waals surface area (Å²) in [6, 6.07) is 8.65. The van der Waals surface area contributed by atoms with Gasteiger partial charge in [-0.25, -0.2) is 8.42 Å².